The second kappa shape index (κ2) is 8.22. The van der Waals surface area contributed by atoms with Gasteiger partial charge in [-0.2, -0.15) is 5.26 Å². The number of nitriles is 1. The van der Waals surface area contributed by atoms with Crippen LogP contribution in [-0.2, 0) is 14.8 Å². The molecule has 0 aromatic heterocycles. The van der Waals surface area contributed by atoms with E-state index >= 15 is 0 Å². The van der Waals surface area contributed by atoms with E-state index in [1.54, 1.807) is 26.0 Å². The summed E-state index contributed by atoms with van der Waals surface area (Å²) in [5, 5.41) is 8.45. The summed E-state index contributed by atoms with van der Waals surface area (Å²) in [7, 11) is -3.33. The summed E-state index contributed by atoms with van der Waals surface area (Å²) in [6.07, 6.45) is 0.661. The molecular weight excluding hydrogens is 360 g/mol. The molecule has 0 radical (unpaired) electrons. The average molecular weight is 385 g/mol. The van der Waals surface area contributed by atoms with E-state index in [1.165, 1.54) is 0 Å². The summed E-state index contributed by atoms with van der Waals surface area (Å²) >= 11 is 0. The van der Waals surface area contributed by atoms with Gasteiger partial charge in [-0.1, -0.05) is 36.4 Å². The van der Waals surface area contributed by atoms with Crippen LogP contribution in [0.4, 0.5) is 0 Å². The molecule has 1 heterocycles. The number of sulfonamides is 1. The highest BCUT2D eigenvalue weighted by atomic mass is 32.2. The summed E-state index contributed by atoms with van der Waals surface area (Å²) in [5.41, 5.74) is 3.79. The SMILES string of the molecule is CC(C)S(=O)(=O)N[C@@H]1CCOC[C@H]1c1ccc(-c2ccc(C#N)cc2)cc1. The Morgan fingerprint density at radius 1 is 1.07 bits per heavy atom. The minimum atomic E-state index is -3.33. The van der Waals surface area contributed by atoms with Gasteiger partial charge < -0.3 is 4.74 Å². The number of nitrogens with zero attached hydrogens (tertiary/aromatic N) is 1. The van der Waals surface area contributed by atoms with E-state index in [2.05, 4.69) is 10.8 Å². The van der Waals surface area contributed by atoms with Crippen molar-refractivity contribution in [1.82, 2.24) is 4.72 Å². The molecule has 3 rings (SSSR count). The Hall–Kier alpha value is -2.20. The van der Waals surface area contributed by atoms with Crippen molar-refractivity contribution < 1.29 is 13.2 Å². The first-order chi connectivity index (χ1) is 12.9. The van der Waals surface area contributed by atoms with Crippen LogP contribution in [0.1, 0.15) is 37.3 Å². The fourth-order valence-corrected chi connectivity index (χ4v) is 4.19. The van der Waals surface area contributed by atoms with Crippen LogP contribution in [-0.4, -0.2) is 32.9 Å². The van der Waals surface area contributed by atoms with Crippen LogP contribution in [0.5, 0.6) is 0 Å². The van der Waals surface area contributed by atoms with Gasteiger partial charge in [-0.3, -0.25) is 0 Å². The van der Waals surface area contributed by atoms with Crippen molar-refractivity contribution in [2.45, 2.75) is 37.5 Å². The Morgan fingerprint density at radius 3 is 2.22 bits per heavy atom. The van der Waals surface area contributed by atoms with Gasteiger partial charge in [0.05, 0.1) is 23.5 Å². The number of benzene rings is 2. The number of hydrogen-bond donors (Lipinski definition) is 1. The average Bonchev–Trinajstić information content (AvgIpc) is 2.68. The number of hydrogen-bond acceptors (Lipinski definition) is 4. The Morgan fingerprint density at radius 2 is 1.67 bits per heavy atom. The Labute approximate surface area is 161 Å². The van der Waals surface area contributed by atoms with E-state index < -0.39 is 15.3 Å². The fourth-order valence-electron chi connectivity index (χ4n) is 3.21. The molecule has 0 saturated carbocycles. The van der Waals surface area contributed by atoms with Crippen LogP contribution < -0.4 is 4.72 Å². The van der Waals surface area contributed by atoms with Gasteiger partial charge in [-0.25, -0.2) is 13.1 Å². The van der Waals surface area contributed by atoms with Crippen molar-refractivity contribution in [3.63, 3.8) is 0 Å². The van der Waals surface area contributed by atoms with Crippen LogP contribution in [0.25, 0.3) is 11.1 Å². The Balaban J connectivity index is 1.80. The molecule has 142 valence electrons. The minimum Gasteiger partial charge on any atom is -0.381 e. The van der Waals surface area contributed by atoms with Crippen molar-refractivity contribution in [3.8, 4) is 17.2 Å². The topological polar surface area (TPSA) is 79.2 Å². The van der Waals surface area contributed by atoms with Crippen molar-refractivity contribution in [2.75, 3.05) is 13.2 Å². The van der Waals surface area contributed by atoms with Gasteiger partial charge in [0, 0.05) is 18.6 Å². The molecule has 0 aliphatic carbocycles. The lowest BCUT2D eigenvalue weighted by molar-refractivity contribution is 0.0653. The van der Waals surface area contributed by atoms with E-state index in [0.29, 0.717) is 25.2 Å². The highest BCUT2D eigenvalue weighted by molar-refractivity contribution is 7.90. The molecule has 1 aliphatic rings. The maximum Gasteiger partial charge on any atom is 0.214 e. The Bertz CT molecular complexity index is 913. The zero-order valence-corrected chi connectivity index (χ0v) is 16.4. The third-order valence-electron chi connectivity index (χ3n) is 4.98. The summed E-state index contributed by atoms with van der Waals surface area (Å²) in [6.45, 7) is 4.43. The van der Waals surface area contributed by atoms with Crippen molar-refractivity contribution in [2.24, 2.45) is 0 Å². The van der Waals surface area contributed by atoms with Crippen molar-refractivity contribution >= 4 is 10.0 Å². The number of ether oxygens (including phenoxy) is 1. The second-order valence-corrected chi connectivity index (χ2v) is 9.37. The van der Waals surface area contributed by atoms with Gasteiger partial charge in [-0.05, 0) is 49.1 Å². The Kier molecular flexibility index (Phi) is 5.95. The molecule has 27 heavy (non-hydrogen) atoms. The largest absolute Gasteiger partial charge is 0.381 e. The standard InChI is InChI=1S/C21H24N2O3S/c1-15(2)27(24,25)23-21-11-12-26-14-20(21)19-9-7-18(8-10-19)17-5-3-16(13-22)4-6-17/h3-10,15,20-21,23H,11-12,14H2,1-2H3/t20-,21+/m0/s1. The van der Waals surface area contributed by atoms with Crippen LogP contribution in [0.15, 0.2) is 48.5 Å². The summed E-state index contributed by atoms with van der Waals surface area (Å²) in [5.74, 6) is -0.0118. The molecule has 5 nitrogen and oxygen atoms in total. The maximum absolute atomic E-state index is 12.3. The van der Waals surface area contributed by atoms with Gasteiger partial charge in [0.1, 0.15) is 0 Å². The molecule has 6 heteroatoms. The highest BCUT2D eigenvalue weighted by Gasteiger charge is 2.31. The first kappa shape index (κ1) is 19.6. The predicted octanol–water partition coefficient (Wildman–Crippen LogP) is 3.43. The molecule has 0 amide bonds. The lowest BCUT2D eigenvalue weighted by atomic mass is 9.88. The van der Waals surface area contributed by atoms with Crippen LogP contribution in [0.3, 0.4) is 0 Å². The van der Waals surface area contributed by atoms with Crippen molar-refractivity contribution in [3.05, 3.63) is 59.7 Å². The lowest BCUT2D eigenvalue weighted by Gasteiger charge is -2.33. The third kappa shape index (κ3) is 4.56. The van der Waals surface area contributed by atoms with Crippen LogP contribution in [0, 0.1) is 11.3 Å². The lowest BCUT2D eigenvalue weighted by Crippen LogP contribution is -2.46. The number of nitrogens with one attached hydrogen (secondary N) is 1. The normalized spacial score (nSPS) is 20.4. The van der Waals surface area contributed by atoms with Crippen LogP contribution >= 0.6 is 0 Å². The highest BCUT2D eigenvalue weighted by Crippen LogP contribution is 2.29. The van der Waals surface area contributed by atoms with Gasteiger partial charge >= 0.3 is 0 Å². The predicted molar refractivity (Wildman–Crippen MR) is 106 cm³/mol. The molecular formula is C21H24N2O3S. The van der Waals surface area contributed by atoms with Crippen molar-refractivity contribution in [1.29, 1.82) is 5.26 Å². The molecule has 2 aromatic carbocycles. The van der Waals surface area contributed by atoms with Gasteiger partial charge in [0.15, 0.2) is 0 Å². The third-order valence-corrected chi connectivity index (χ3v) is 6.85. The molecule has 0 spiro atoms. The van der Waals surface area contributed by atoms with Gasteiger partial charge in [0.25, 0.3) is 0 Å². The molecule has 1 N–H and O–H groups in total. The zero-order chi connectivity index (χ0) is 19.4. The molecule has 1 saturated heterocycles. The molecule has 2 aromatic rings. The minimum absolute atomic E-state index is 0.0118. The quantitative estimate of drug-likeness (QED) is 0.857. The van der Waals surface area contributed by atoms with E-state index in [-0.39, 0.29) is 12.0 Å². The van der Waals surface area contributed by atoms with E-state index in [1.807, 2.05) is 36.4 Å². The first-order valence-electron chi connectivity index (χ1n) is 9.10. The molecule has 1 aliphatic heterocycles. The fraction of sp³-hybridized carbons (Fsp3) is 0.381. The second-order valence-electron chi connectivity index (χ2n) is 7.10. The van der Waals surface area contributed by atoms with E-state index in [4.69, 9.17) is 10.00 Å². The maximum atomic E-state index is 12.3. The van der Waals surface area contributed by atoms with E-state index in [9.17, 15) is 8.42 Å². The summed E-state index contributed by atoms with van der Waals surface area (Å²) in [6, 6.07) is 17.5. The van der Waals surface area contributed by atoms with Gasteiger partial charge in [-0.15, -0.1) is 0 Å². The smallest absolute Gasteiger partial charge is 0.214 e. The first-order valence-corrected chi connectivity index (χ1v) is 10.6. The van der Waals surface area contributed by atoms with Crippen LogP contribution in [0.2, 0.25) is 0 Å². The molecule has 2 atom stereocenters. The zero-order valence-electron chi connectivity index (χ0n) is 15.6. The molecule has 0 bridgehead atoms. The molecule has 1 fully saturated rings. The summed E-state index contributed by atoms with van der Waals surface area (Å²) < 4.78 is 33.1. The summed E-state index contributed by atoms with van der Waals surface area (Å²) in [4.78, 5) is 0. The monoisotopic (exact) mass is 384 g/mol. The van der Waals surface area contributed by atoms with Gasteiger partial charge in [0.2, 0.25) is 10.0 Å². The van der Waals surface area contributed by atoms with E-state index in [0.717, 1.165) is 16.7 Å². The number of rotatable bonds is 5. The molecule has 0 unspecified atom stereocenters.